The van der Waals surface area contributed by atoms with Crippen molar-refractivity contribution in [3.8, 4) is 0 Å². The van der Waals surface area contributed by atoms with Crippen molar-refractivity contribution in [1.82, 2.24) is 0 Å². The van der Waals surface area contributed by atoms with Crippen molar-refractivity contribution in [1.29, 1.82) is 0 Å². The Morgan fingerprint density at radius 2 is 1.80 bits per heavy atom. The Balaban J connectivity index is 4.19. The first-order chi connectivity index (χ1) is 6.53. The summed E-state index contributed by atoms with van der Waals surface area (Å²) in [5.41, 5.74) is 0.435. The van der Waals surface area contributed by atoms with Crippen molar-refractivity contribution >= 4 is 24.0 Å². The predicted octanol–water partition coefficient (Wildman–Crippen LogP) is 1.78. The van der Waals surface area contributed by atoms with E-state index in [4.69, 9.17) is 8.85 Å². The molecule has 0 radical (unpaired) electrons. The van der Waals surface area contributed by atoms with Crippen molar-refractivity contribution in [2.24, 2.45) is 0 Å². The lowest BCUT2D eigenvalue weighted by atomic mass is 10.3. The van der Waals surface area contributed by atoms with Crippen LogP contribution in [-0.2, 0) is 13.6 Å². The van der Waals surface area contributed by atoms with Crippen LogP contribution in [0.5, 0.6) is 0 Å². The van der Waals surface area contributed by atoms with Crippen LogP contribution < -0.4 is 0 Å². The molecule has 0 amide bonds. The van der Waals surface area contributed by atoms with E-state index in [-0.39, 0.29) is 5.97 Å². The summed E-state index contributed by atoms with van der Waals surface area (Å²) in [6, 6.07) is 0. The maximum atomic E-state index is 11.3. The summed E-state index contributed by atoms with van der Waals surface area (Å²) in [5, 5.41) is -0.448. The van der Waals surface area contributed by atoms with Gasteiger partial charge in [0.05, 0.1) is 0 Å². The molecule has 0 heterocycles. The SMILES string of the molecule is C=C(C)C(=O)OC(C)(C)[SiH2]O[Si](C)(C)C. The van der Waals surface area contributed by atoms with Crippen LogP contribution >= 0.6 is 0 Å². The van der Waals surface area contributed by atoms with Crippen molar-refractivity contribution in [2.75, 3.05) is 0 Å². The van der Waals surface area contributed by atoms with Gasteiger partial charge in [-0.3, -0.25) is 0 Å². The van der Waals surface area contributed by atoms with Crippen molar-refractivity contribution in [3.63, 3.8) is 0 Å². The van der Waals surface area contributed by atoms with Crippen LogP contribution in [-0.4, -0.2) is 29.3 Å². The van der Waals surface area contributed by atoms with E-state index in [1.807, 2.05) is 13.8 Å². The summed E-state index contributed by atoms with van der Waals surface area (Å²) in [7, 11) is -2.36. The largest absolute Gasteiger partial charge is 0.458 e. The fraction of sp³-hybridized carbons (Fsp3) is 0.700. The molecule has 88 valence electrons. The van der Waals surface area contributed by atoms with E-state index >= 15 is 0 Å². The number of hydrogen-bond donors (Lipinski definition) is 0. The van der Waals surface area contributed by atoms with Gasteiger partial charge in [-0.05, 0) is 40.4 Å². The molecule has 0 saturated carbocycles. The van der Waals surface area contributed by atoms with E-state index in [0.717, 1.165) is 0 Å². The molecule has 5 heteroatoms. The van der Waals surface area contributed by atoms with Crippen LogP contribution in [0.2, 0.25) is 19.6 Å². The second-order valence-corrected chi connectivity index (χ2v) is 12.7. The standard InChI is InChI=1S/C10H22O3Si2/c1-8(2)9(11)12-10(3,4)14-13-15(5,6)7/h1,14H2,2-7H3. The molecule has 0 saturated heterocycles. The Hall–Kier alpha value is -0.396. The molecule has 0 N–H and O–H groups in total. The van der Waals surface area contributed by atoms with Crippen LogP contribution in [0.3, 0.4) is 0 Å². The number of carbonyl (C=O) groups excluding carboxylic acids is 1. The fourth-order valence-corrected chi connectivity index (χ4v) is 4.07. The predicted molar refractivity (Wildman–Crippen MR) is 68.0 cm³/mol. The Morgan fingerprint density at radius 1 is 1.33 bits per heavy atom. The van der Waals surface area contributed by atoms with Crippen LogP contribution in [0.4, 0.5) is 0 Å². The summed E-state index contributed by atoms with van der Waals surface area (Å²) >= 11 is 0. The Kier molecular flexibility index (Phi) is 4.96. The number of rotatable bonds is 5. The van der Waals surface area contributed by atoms with E-state index in [1.54, 1.807) is 6.92 Å². The van der Waals surface area contributed by atoms with Gasteiger partial charge in [0.15, 0.2) is 18.1 Å². The monoisotopic (exact) mass is 246 g/mol. The smallest absolute Gasteiger partial charge is 0.333 e. The number of esters is 1. The first-order valence-corrected chi connectivity index (χ1v) is 9.75. The minimum absolute atomic E-state index is 0.327. The molecule has 15 heavy (non-hydrogen) atoms. The first-order valence-electron chi connectivity index (χ1n) is 5.06. The Bertz CT molecular complexity index is 254. The van der Waals surface area contributed by atoms with Crippen molar-refractivity contribution in [3.05, 3.63) is 12.2 Å². The van der Waals surface area contributed by atoms with Crippen LogP contribution in [0.25, 0.3) is 0 Å². The van der Waals surface area contributed by atoms with E-state index in [2.05, 4.69) is 26.2 Å². The summed E-state index contributed by atoms with van der Waals surface area (Å²) in [5.74, 6) is -0.327. The van der Waals surface area contributed by atoms with Crippen LogP contribution in [0, 0.1) is 0 Å². The second kappa shape index (κ2) is 5.09. The third kappa shape index (κ3) is 7.52. The maximum Gasteiger partial charge on any atom is 0.333 e. The summed E-state index contributed by atoms with van der Waals surface area (Å²) < 4.78 is 11.2. The summed E-state index contributed by atoms with van der Waals surface area (Å²) in [6.07, 6.45) is 0. The third-order valence-corrected chi connectivity index (χ3v) is 6.45. The molecule has 0 aliphatic carbocycles. The highest BCUT2D eigenvalue weighted by molar-refractivity contribution is 6.74. The number of ether oxygens (including phenoxy) is 1. The van der Waals surface area contributed by atoms with Gasteiger partial charge in [0.2, 0.25) is 0 Å². The summed E-state index contributed by atoms with van der Waals surface area (Å²) in [4.78, 5) is 11.3. The fourth-order valence-electron chi connectivity index (χ4n) is 0.758. The van der Waals surface area contributed by atoms with Gasteiger partial charge >= 0.3 is 5.97 Å². The highest BCUT2D eigenvalue weighted by atomic mass is 28.4. The zero-order valence-electron chi connectivity index (χ0n) is 10.6. The lowest BCUT2D eigenvalue weighted by molar-refractivity contribution is -0.145. The molecular formula is C10H22O3Si2. The Labute approximate surface area is 95.9 Å². The lowest BCUT2D eigenvalue weighted by Gasteiger charge is -2.28. The van der Waals surface area contributed by atoms with E-state index in [0.29, 0.717) is 5.57 Å². The molecule has 0 aromatic rings. The van der Waals surface area contributed by atoms with E-state index < -0.39 is 23.3 Å². The number of hydrogen-bond acceptors (Lipinski definition) is 3. The van der Waals surface area contributed by atoms with Gasteiger partial charge in [-0.1, -0.05) is 6.58 Å². The van der Waals surface area contributed by atoms with E-state index in [9.17, 15) is 4.79 Å². The maximum absolute atomic E-state index is 11.3. The molecule has 0 atom stereocenters. The van der Waals surface area contributed by atoms with Gasteiger partial charge in [0.25, 0.3) is 0 Å². The molecule has 0 rings (SSSR count). The molecule has 0 aliphatic heterocycles. The second-order valence-electron chi connectivity index (χ2n) is 5.33. The molecule has 0 fully saturated rings. The molecular weight excluding hydrogens is 224 g/mol. The zero-order valence-corrected chi connectivity index (χ0v) is 13.1. The zero-order chi connectivity index (χ0) is 12.3. The van der Waals surface area contributed by atoms with E-state index in [1.165, 1.54) is 0 Å². The van der Waals surface area contributed by atoms with Crippen LogP contribution in [0.15, 0.2) is 12.2 Å². The quantitative estimate of drug-likeness (QED) is 0.421. The third-order valence-electron chi connectivity index (χ3n) is 1.57. The van der Waals surface area contributed by atoms with Gasteiger partial charge < -0.3 is 8.85 Å². The molecule has 0 bridgehead atoms. The molecule has 0 spiro atoms. The summed E-state index contributed by atoms with van der Waals surface area (Å²) in [6.45, 7) is 15.4. The lowest BCUT2D eigenvalue weighted by Crippen LogP contribution is -2.41. The van der Waals surface area contributed by atoms with Gasteiger partial charge in [-0.15, -0.1) is 0 Å². The average Bonchev–Trinajstić information content (AvgIpc) is 1.99. The van der Waals surface area contributed by atoms with Gasteiger partial charge in [0.1, 0.15) is 5.22 Å². The minimum Gasteiger partial charge on any atom is -0.458 e. The van der Waals surface area contributed by atoms with Crippen molar-refractivity contribution in [2.45, 2.75) is 45.6 Å². The van der Waals surface area contributed by atoms with Crippen molar-refractivity contribution < 1.29 is 13.6 Å². The topological polar surface area (TPSA) is 35.5 Å². The normalized spacial score (nSPS) is 13.2. The molecule has 0 aromatic heterocycles. The van der Waals surface area contributed by atoms with Gasteiger partial charge in [0, 0.05) is 5.57 Å². The number of carbonyl (C=O) groups is 1. The average molecular weight is 246 g/mol. The molecule has 0 aromatic carbocycles. The van der Waals surface area contributed by atoms with Gasteiger partial charge in [-0.2, -0.15) is 0 Å². The highest BCUT2D eigenvalue weighted by Crippen LogP contribution is 2.13. The van der Waals surface area contributed by atoms with Gasteiger partial charge in [-0.25, -0.2) is 4.79 Å². The Morgan fingerprint density at radius 3 is 2.13 bits per heavy atom. The molecule has 0 unspecified atom stereocenters. The van der Waals surface area contributed by atoms with Crippen LogP contribution in [0.1, 0.15) is 20.8 Å². The molecule has 3 nitrogen and oxygen atoms in total. The highest BCUT2D eigenvalue weighted by Gasteiger charge is 2.27. The minimum atomic E-state index is -1.50. The first kappa shape index (κ1) is 14.6. The molecule has 0 aliphatic rings.